The van der Waals surface area contributed by atoms with Gasteiger partial charge in [0, 0.05) is 6.54 Å². The van der Waals surface area contributed by atoms with E-state index in [9.17, 15) is 10.1 Å². The molecule has 0 unspecified atom stereocenters. The zero-order valence-corrected chi connectivity index (χ0v) is 12.3. The largest absolute Gasteiger partial charge is 0.364 e. The Bertz CT molecular complexity index is 515. The summed E-state index contributed by atoms with van der Waals surface area (Å²) in [5.74, 6) is 6.17. The fourth-order valence-corrected chi connectivity index (χ4v) is 2.48. The van der Waals surface area contributed by atoms with Crippen molar-refractivity contribution in [3.8, 4) is 0 Å². The van der Waals surface area contributed by atoms with Crippen molar-refractivity contribution in [3.63, 3.8) is 0 Å². The lowest BCUT2D eigenvalue weighted by Gasteiger charge is -2.29. The third-order valence-corrected chi connectivity index (χ3v) is 3.77. The minimum absolute atomic E-state index is 0.0954. The fourth-order valence-electron chi connectivity index (χ4n) is 2.48. The molecule has 1 aliphatic heterocycles. The number of nitro groups is 1. The van der Waals surface area contributed by atoms with Crippen LogP contribution >= 0.6 is 0 Å². The number of aryl methyl sites for hydroxylation is 1. The Kier molecular flexibility index (Phi) is 4.86. The van der Waals surface area contributed by atoms with Crippen LogP contribution in [0.3, 0.4) is 0 Å². The lowest BCUT2D eigenvalue weighted by molar-refractivity contribution is -0.385. The maximum absolute atomic E-state index is 11.2. The number of piperidine rings is 1. The Morgan fingerprint density at radius 3 is 2.67 bits per heavy atom. The standard InChI is InChI=1S/C12H21N7O2/c1-8-10(19(20)21)11(16-12(15-8)17-13)14-7-9-3-5-18(2)6-4-9/h9H,3-7,13H2,1-2H3,(H2,14,15,16,17). The van der Waals surface area contributed by atoms with Crippen LogP contribution in [0.4, 0.5) is 17.5 Å². The molecule has 0 saturated carbocycles. The molecule has 0 radical (unpaired) electrons. The van der Waals surface area contributed by atoms with E-state index in [1.54, 1.807) is 6.92 Å². The summed E-state index contributed by atoms with van der Waals surface area (Å²) in [6.07, 6.45) is 2.15. The lowest BCUT2D eigenvalue weighted by Crippen LogP contribution is -2.33. The smallest absolute Gasteiger partial charge is 0.332 e. The number of rotatable bonds is 5. The van der Waals surface area contributed by atoms with Gasteiger partial charge >= 0.3 is 5.69 Å². The molecule has 9 heteroatoms. The SMILES string of the molecule is Cc1nc(NN)nc(NCC2CCN(C)CC2)c1[N+](=O)[O-]. The first kappa shape index (κ1) is 15.4. The van der Waals surface area contributed by atoms with Crippen LogP contribution in [0, 0.1) is 23.0 Å². The highest BCUT2D eigenvalue weighted by Crippen LogP contribution is 2.27. The molecule has 9 nitrogen and oxygen atoms in total. The van der Waals surface area contributed by atoms with Crippen LogP contribution in [0.1, 0.15) is 18.5 Å². The summed E-state index contributed by atoms with van der Waals surface area (Å²) in [5, 5.41) is 14.3. The Labute approximate surface area is 123 Å². The molecule has 1 aliphatic rings. The first-order chi connectivity index (χ1) is 10.0. The maximum atomic E-state index is 11.2. The van der Waals surface area contributed by atoms with Gasteiger partial charge in [-0.1, -0.05) is 0 Å². The minimum Gasteiger partial charge on any atom is -0.364 e. The van der Waals surface area contributed by atoms with Gasteiger partial charge in [0.2, 0.25) is 11.8 Å². The van der Waals surface area contributed by atoms with Gasteiger partial charge in [-0.2, -0.15) is 4.98 Å². The molecule has 0 aromatic carbocycles. The van der Waals surface area contributed by atoms with Crippen molar-refractivity contribution in [2.75, 3.05) is 37.4 Å². The van der Waals surface area contributed by atoms with Crippen LogP contribution in [-0.2, 0) is 0 Å². The van der Waals surface area contributed by atoms with Crippen molar-refractivity contribution in [3.05, 3.63) is 15.8 Å². The zero-order valence-electron chi connectivity index (χ0n) is 12.3. The van der Waals surface area contributed by atoms with Crippen LogP contribution in [-0.4, -0.2) is 46.5 Å². The van der Waals surface area contributed by atoms with Gasteiger partial charge in [0.1, 0.15) is 5.69 Å². The molecular weight excluding hydrogens is 274 g/mol. The summed E-state index contributed by atoms with van der Waals surface area (Å²) in [5.41, 5.74) is 2.52. The molecule has 1 aromatic rings. The van der Waals surface area contributed by atoms with Gasteiger partial charge in [-0.3, -0.25) is 15.5 Å². The first-order valence-corrected chi connectivity index (χ1v) is 6.93. The third-order valence-electron chi connectivity index (χ3n) is 3.77. The maximum Gasteiger partial charge on any atom is 0.332 e. The van der Waals surface area contributed by atoms with E-state index in [0.717, 1.165) is 25.9 Å². The van der Waals surface area contributed by atoms with Gasteiger partial charge < -0.3 is 10.2 Å². The molecule has 2 heterocycles. The summed E-state index contributed by atoms with van der Waals surface area (Å²) in [6, 6.07) is 0. The molecule has 1 fully saturated rings. The van der Waals surface area contributed by atoms with E-state index in [1.165, 1.54) is 0 Å². The summed E-state index contributed by atoms with van der Waals surface area (Å²) in [7, 11) is 2.10. The van der Waals surface area contributed by atoms with Crippen molar-refractivity contribution < 1.29 is 4.92 Å². The molecule has 0 atom stereocenters. The number of nitrogens with one attached hydrogen (secondary N) is 2. The fraction of sp³-hybridized carbons (Fsp3) is 0.667. The molecule has 0 bridgehead atoms. The molecule has 116 valence electrons. The van der Waals surface area contributed by atoms with Crippen molar-refractivity contribution in [2.45, 2.75) is 19.8 Å². The monoisotopic (exact) mass is 295 g/mol. The topological polar surface area (TPSA) is 122 Å². The van der Waals surface area contributed by atoms with E-state index in [2.05, 4.69) is 32.7 Å². The van der Waals surface area contributed by atoms with Gasteiger partial charge in [-0.25, -0.2) is 10.8 Å². The average molecular weight is 295 g/mol. The number of nitrogens with zero attached hydrogens (tertiary/aromatic N) is 4. The first-order valence-electron chi connectivity index (χ1n) is 6.93. The minimum atomic E-state index is -0.466. The highest BCUT2D eigenvalue weighted by atomic mass is 16.6. The molecule has 21 heavy (non-hydrogen) atoms. The van der Waals surface area contributed by atoms with Crippen molar-refractivity contribution in [1.29, 1.82) is 0 Å². The van der Waals surface area contributed by atoms with E-state index in [-0.39, 0.29) is 23.1 Å². The second-order valence-corrected chi connectivity index (χ2v) is 5.36. The van der Waals surface area contributed by atoms with E-state index in [1.807, 2.05) is 0 Å². The predicted molar refractivity (Wildman–Crippen MR) is 79.9 cm³/mol. The quantitative estimate of drug-likeness (QED) is 0.413. The summed E-state index contributed by atoms with van der Waals surface area (Å²) in [4.78, 5) is 21.0. The Hall–Kier alpha value is -2.00. The number of nitrogens with two attached hydrogens (primary N) is 1. The molecule has 0 aliphatic carbocycles. The number of aromatic nitrogens is 2. The average Bonchev–Trinajstić information content (AvgIpc) is 2.45. The van der Waals surface area contributed by atoms with E-state index < -0.39 is 4.92 Å². The molecule has 4 N–H and O–H groups in total. The molecule has 1 aromatic heterocycles. The van der Waals surface area contributed by atoms with Gasteiger partial charge in [0.15, 0.2) is 0 Å². The van der Waals surface area contributed by atoms with Gasteiger partial charge in [0.05, 0.1) is 4.92 Å². The zero-order chi connectivity index (χ0) is 15.4. The van der Waals surface area contributed by atoms with Crippen molar-refractivity contribution in [2.24, 2.45) is 11.8 Å². The Balaban J connectivity index is 2.10. The number of anilines is 2. The molecule has 1 saturated heterocycles. The van der Waals surface area contributed by atoms with Crippen molar-refractivity contribution >= 4 is 17.5 Å². The normalized spacial score (nSPS) is 16.7. The molecule has 0 amide bonds. The number of hydrogen-bond acceptors (Lipinski definition) is 8. The summed E-state index contributed by atoms with van der Waals surface area (Å²) >= 11 is 0. The Morgan fingerprint density at radius 2 is 2.10 bits per heavy atom. The Morgan fingerprint density at radius 1 is 1.43 bits per heavy atom. The predicted octanol–water partition coefficient (Wildman–Crippen LogP) is 0.733. The van der Waals surface area contributed by atoms with Crippen LogP contribution in [0.2, 0.25) is 0 Å². The van der Waals surface area contributed by atoms with Crippen molar-refractivity contribution in [1.82, 2.24) is 14.9 Å². The summed E-state index contributed by atoms with van der Waals surface area (Å²) < 4.78 is 0. The van der Waals surface area contributed by atoms with Gasteiger partial charge in [-0.15, -0.1) is 0 Å². The molecule has 0 spiro atoms. The number of hydrazine groups is 1. The lowest BCUT2D eigenvalue weighted by atomic mass is 9.97. The highest BCUT2D eigenvalue weighted by molar-refractivity contribution is 5.60. The third kappa shape index (κ3) is 3.76. The summed E-state index contributed by atoms with van der Waals surface area (Å²) in [6.45, 7) is 4.33. The number of likely N-dealkylation sites (tertiary alicyclic amines) is 1. The van der Waals surface area contributed by atoms with Crippen LogP contribution in [0.25, 0.3) is 0 Å². The van der Waals surface area contributed by atoms with Crippen LogP contribution < -0.4 is 16.6 Å². The van der Waals surface area contributed by atoms with E-state index in [4.69, 9.17) is 5.84 Å². The van der Waals surface area contributed by atoms with Crippen LogP contribution in [0.5, 0.6) is 0 Å². The molecular formula is C12H21N7O2. The van der Waals surface area contributed by atoms with E-state index >= 15 is 0 Å². The van der Waals surface area contributed by atoms with Gasteiger partial charge in [0.25, 0.3) is 0 Å². The molecule has 2 rings (SSSR count). The van der Waals surface area contributed by atoms with Gasteiger partial charge in [-0.05, 0) is 45.8 Å². The van der Waals surface area contributed by atoms with E-state index in [0.29, 0.717) is 12.5 Å². The number of hydrogen-bond donors (Lipinski definition) is 3. The second kappa shape index (κ2) is 6.64. The second-order valence-electron chi connectivity index (χ2n) is 5.36. The number of nitrogen functional groups attached to an aromatic ring is 1. The highest BCUT2D eigenvalue weighted by Gasteiger charge is 2.23. The van der Waals surface area contributed by atoms with Crippen LogP contribution in [0.15, 0.2) is 0 Å².